The molecule has 1 heterocycles. The van der Waals surface area contributed by atoms with Gasteiger partial charge in [-0.1, -0.05) is 41.6 Å². The number of aryl methyl sites for hydroxylation is 2. The number of nitrogens with zero attached hydrogens (tertiary/aromatic N) is 1. The highest BCUT2D eigenvalue weighted by atomic mass is 32.2. The van der Waals surface area contributed by atoms with Gasteiger partial charge in [0.15, 0.2) is 4.34 Å². The van der Waals surface area contributed by atoms with Gasteiger partial charge in [-0.25, -0.2) is 13.4 Å². The highest BCUT2D eigenvalue weighted by Gasteiger charge is 2.17. The average Bonchev–Trinajstić information content (AvgIpc) is 3.01. The van der Waals surface area contributed by atoms with Crippen LogP contribution in [0.4, 0.5) is 0 Å². The summed E-state index contributed by atoms with van der Waals surface area (Å²) in [7, 11) is -3.81. The third-order valence-electron chi connectivity index (χ3n) is 3.55. The molecule has 0 aliphatic rings. The molecule has 0 spiro atoms. The van der Waals surface area contributed by atoms with Crippen LogP contribution in [0.3, 0.4) is 0 Å². The van der Waals surface area contributed by atoms with Gasteiger partial charge in [0.2, 0.25) is 5.91 Å². The van der Waals surface area contributed by atoms with E-state index >= 15 is 0 Å². The van der Waals surface area contributed by atoms with Crippen LogP contribution in [0.1, 0.15) is 11.1 Å². The normalized spacial score (nSPS) is 11.6. The molecule has 0 aliphatic heterocycles. The fraction of sp³-hybridized carbons (Fsp3) is 0.176. The van der Waals surface area contributed by atoms with Crippen molar-refractivity contribution in [2.24, 2.45) is 0 Å². The van der Waals surface area contributed by atoms with E-state index in [0.29, 0.717) is 5.56 Å². The molecule has 0 bridgehead atoms. The van der Waals surface area contributed by atoms with E-state index in [1.807, 2.05) is 31.2 Å². The Kier molecular flexibility index (Phi) is 5.61. The van der Waals surface area contributed by atoms with Gasteiger partial charge in [0, 0.05) is 0 Å². The second kappa shape index (κ2) is 7.75. The third kappa shape index (κ3) is 4.42. The zero-order valence-corrected chi connectivity index (χ0v) is 16.6. The topological polar surface area (TPSA) is 88.2 Å². The fourth-order valence-corrected chi connectivity index (χ4v) is 5.31. The summed E-state index contributed by atoms with van der Waals surface area (Å²) in [6.07, 6.45) is 0. The van der Waals surface area contributed by atoms with Crippen molar-refractivity contribution in [3.8, 4) is 0 Å². The number of fused-ring (bicyclic) bond motifs is 1. The minimum Gasteiger partial charge on any atom is -0.277 e. The van der Waals surface area contributed by atoms with Crippen molar-refractivity contribution >= 4 is 49.2 Å². The number of hydrazine groups is 1. The van der Waals surface area contributed by atoms with Crippen molar-refractivity contribution in [2.75, 3.05) is 5.75 Å². The zero-order chi connectivity index (χ0) is 18.7. The largest absolute Gasteiger partial charge is 0.277 e. The first-order chi connectivity index (χ1) is 12.3. The van der Waals surface area contributed by atoms with E-state index in [1.54, 1.807) is 19.1 Å². The van der Waals surface area contributed by atoms with Crippen molar-refractivity contribution in [3.63, 3.8) is 0 Å². The molecule has 0 radical (unpaired) electrons. The molecule has 9 heteroatoms. The van der Waals surface area contributed by atoms with Crippen molar-refractivity contribution in [1.82, 2.24) is 15.2 Å². The first-order valence-corrected chi connectivity index (χ1v) is 11.0. The van der Waals surface area contributed by atoms with Crippen molar-refractivity contribution in [3.05, 3.63) is 53.6 Å². The summed E-state index contributed by atoms with van der Waals surface area (Å²) in [4.78, 5) is 18.7. The Morgan fingerprint density at radius 2 is 1.96 bits per heavy atom. The van der Waals surface area contributed by atoms with Crippen molar-refractivity contribution in [1.29, 1.82) is 0 Å². The standard InChI is InChI=1S/C17H17N3O3S3/c1-11-7-8-15(12(2)9-11)26(22,23)20-19-16(21)10-24-17-18-13-5-3-4-6-14(13)25-17/h3-9,20H,10H2,1-2H3,(H,19,21). The van der Waals surface area contributed by atoms with Crippen LogP contribution >= 0.6 is 23.1 Å². The van der Waals surface area contributed by atoms with Crippen LogP contribution in [0.25, 0.3) is 10.2 Å². The van der Waals surface area contributed by atoms with Crippen LogP contribution in [0.5, 0.6) is 0 Å². The Labute approximate surface area is 160 Å². The lowest BCUT2D eigenvalue weighted by Crippen LogP contribution is -2.42. The molecule has 0 atom stereocenters. The number of thioether (sulfide) groups is 1. The monoisotopic (exact) mass is 407 g/mol. The lowest BCUT2D eigenvalue weighted by Gasteiger charge is -2.10. The molecule has 6 nitrogen and oxygen atoms in total. The number of benzene rings is 2. The van der Waals surface area contributed by atoms with E-state index in [4.69, 9.17) is 0 Å². The molecule has 1 amide bonds. The number of nitrogens with one attached hydrogen (secondary N) is 2. The Morgan fingerprint density at radius 1 is 1.19 bits per heavy atom. The molecule has 136 valence electrons. The summed E-state index contributed by atoms with van der Waals surface area (Å²) < 4.78 is 26.4. The number of hydrogen-bond donors (Lipinski definition) is 2. The predicted octanol–water partition coefficient (Wildman–Crippen LogP) is 3.01. The molecule has 0 aliphatic carbocycles. The summed E-state index contributed by atoms with van der Waals surface area (Å²) in [6.45, 7) is 3.60. The lowest BCUT2D eigenvalue weighted by molar-refractivity contribution is -0.119. The molecule has 2 N–H and O–H groups in total. The second-order valence-electron chi connectivity index (χ2n) is 5.66. The highest BCUT2D eigenvalue weighted by Crippen LogP contribution is 2.29. The molecule has 0 saturated heterocycles. The number of para-hydroxylation sites is 1. The Hall–Kier alpha value is -1.94. The van der Waals surface area contributed by atoms with E-state index in [1.165, 1.54) is 29.2 Å². The van der Waals surface area contributed by atoms with Crippen LogP contribution in [0.15, 0.2) is 51.7 Å². The minimum absolute atomic E-state index is 0.0647. The number of rotatable bonds is 6. The molecule has 2 aromatic carbocycles. The van der Waals surface area contributed by atoms with Gasteiger partial charge in [0.05, 0.1) is 20.9 Å². The van der Waals surface area contributed by atoms with Crippen LogP contribution in [0, 0.1) is 13.8 Å². The van der Waals surface area contributed by atoms with Gasteiger partial charge in [-0.3, -0.25) is 10.2 Å². The van der Waals surface area contributed by atoms with E-state index in [-0.39, 0.29) is 10.6 Å². The molecule has 0 unspecified atom stereocenters. The third-order valence-corrected chi connectivity index (χ3v) is 7.13. The molecule has 0 fully saturated rings. The number of hydrogen-bond acceptors (Lipinski definition) is 6. The number of sulfonamides is 1. The van der Waals surface area contributed by atoms with Crippen molar-refractivity contribution in [2.45, 2.75) is 23.1 Å². The van der Waals surface area contributed by atoms with Crippen LogP contribution in [0.2, 0.25) is 0 Å². The second-order valence-corrected chi connectivity index (χ2v) is 9.56. The quantitative estimate of drug-likeness (QED) is 0.484. The zero-order valence-electron chi connectivity index (χ0n) is 14.1. The van der Waals surface area contributed by atoms with E-state index < -0.39 is 15.9 Å². The summed E-state index contributed by atoms with van der Waals surface area (Å²) in [5.41, 5.74) is 4.72. The van der Waals surface area contributed by atoms with Gasteiger partial charge in [-0.15, -0.1) is 16.2 Å². The molecule has 0 saturated carbocycles. The van der Waals surface area contributed by atoms with Crippen LogP contribution in [-0.2, 0) is 14.8 Å². The number of amides is 1. The minimum atomic E-state index is -3.81. The lowest BCUT2D eigenvalue weighted by atomic mass is 10.2. The summed E-state index contributed by atoms with van der Waals surface area (Å²) in [5, 5.41) is 0. The van der Waals surface area contributed by atoms with Gasteiger partial charge in [-0.05, 0) is 37.6 Å². The summed E-state index contributed by atoms with van der Waals surface area (Å²) in [5.74, 6) is -0.377. The van der Waals surface area contributed by atoms with E-state index in [0.717, 1.165) is 20.1 Å². The Bertz CT molecular complexity index is 1030. The van der Waals surface area contributed by atoms with Gasteiger partial charge < -0.3 is 0 Å². The highest BCUT2D eigenvalue weighted by molar-refractivity contribution is 8.01. The average molecular weight is 408 g/mol. The first kappa shape index (κ1) is 18.8. The van der Waals surface area contributed by atoms with Crippen molar-refractivity contribution < 1.29 is 13.2 Å². The van der Waals surface area contributed by atoms with Crippen LogP contribution < -0.4 is 10.3 Å². The maximum absolute atomic E-state index is 12.3. The molecular weight excluding hydrogens is 390 g/mol. The van der Waals surface area contributed by atoms with Gasteiger partial charge in [0.1, 0.15) is 0 Å². The molecule has 26 heavy (non-hydrogen) atoms. The maximum atomic E-state index is 12.3. The number of aromatic nitrogens is 1. The van der Waals surface area contributed by atoms with Gasteiger partial charge in [0.25, 0.3) is 10.0 Å². The SMILES string of the molecule is Cc1ccc(S(=O)(=O)NNC(=O)CSc2nc3ccccc3s2)c(C)c1. The number of thiazole rings is 1. The predicted molar refractivity (Wildman–Crippen MR) is 105 cm³/mol. The smallest absolute Gasteiger partial charge is 0.257 e. The van der Waals surface area contributed by atoms with E-state index in [2.05, 4.69) is 15.2 Å². The molecule has 3 aromatic rings. The van der Waals surface area contributed by atoms with Crippen LogP contribution in [-0.4, -0.2) is 25.1 Å². The van der Waals surface area contributed by atoms with Gasteiger partial charge in [-0.2, -0.15) is 0 Å². The Morgan fingerprint density at radius 3 is 2.69 bits per heavy atom. The maximum Gasteiger partial charge on any atom is 0.257 e. The number of carbonyl (C=O) groups excluding carboxylic acids is 1. The Balaban J connectivity index is 1.57. The summed E-state index contributed by atoms with van der Waals surface area (Å²) >= 11 is 2.76. The number of carbonyl (C=O) groups is 1. The first-order valence-electron chi connectivity index (χ1n) is 7.71. The molecule has 3 rings (SSSR count). The fourth-order valence-electron chi connectivity index (χ4n) is 2.36. The molecule has 1 aromatic heterocycles. The summed E-state index contributed by atoms with van der Waals surface area (Å²) in [6, 6.07) is 12.7. The van der Waals surface area contributed by atoms with Gasteiger partial charge >= 0.3 is 0 Å². The van der Waals surface area contributed by atoms with E-state index in [9.17, 15) is 13.2 Å². The molecular formula is C17H17N3O3S3.